The lowest BCUT2D eigenvalue weighted by Crippen LogP contribution is -2.20. The number of hydrogen-bond donors (Lipinski definition) is 2. The van der Waals surface area contributed by atoms with Crippen LogP contribution in [-0.2, 0) is 14.2 Å². The normalized spacial score (nSPS) is 12.4. The highest BCUT2D eigenvalue weighted by Gasteiger charge is 2.02. The van der Waals surface area contributed by atoms with Gasteiger partial charge in [0.25, 0.3) is 0 Å². The third-order valence-corrected chi connectivity index (χ3v) is 1.63. The molecule has 0 aromatic rings. The van der Waals surface area contributed by atoms with E-state index in [2.05, 4.69) is 0 Å². The largest absolute Gasteiger partial charge is 0.376 e. The fraction of sp³-hybridized carbons (Fsp3) is 0.818. The van der Waals surface area contributed by atoms with E-state index >= 15 is 0 Å². The lowest BCUT2D eigenvalue weighted by atomic mass is 10.4. The van der Waals surface area contributed by atoms with Crippen molar-refractivity contribution >= 4 is 11.4 Å². The van der Waals surface area contributed by atoms with E-state index < -0.39 is 0 Å². The van der Waals surface area contributed by atoms with Crippen LogP contribution in [0, 0.1) is 10.8 Å². The summed E-state index contributed by atoms with van der Waals surface area (Å²) >= 11 is 0. The number of ether oxygens (including phenoxy) is 3. The molecule has 0 aliphatic rings. The van der Waals surface area contributed by atoms with Crippen LogP contribution < -0.4 is 0 Å². The van der Waals surface area contributed by atoms with Crippen LogP contribution in [0.4, 0.5) is 0 Å². The van der Waals surface area contributed by atoms with Gasteiger partial charge in [0.15, 0.2) is 0 Å². The van der Waals surface area contributed by atoms with Crippen LogP contribution in [-0.4, -0.2) is 50.6 Å². The first-order valence-electron chi connectivity index (χ1n) is 5.37. The smallest absolute Gasteiger partial charge is 0.0843 e. The molecule has 0 saturated carbocycles. The van der Waals surface area contributed by atoms with Gasteiger partial charge in [0.2, 0.25) is 0 Å². The van der Waals surface area contributed by atoms with Gasteiger partial charge in [0, 0.05) is 11.4 Å². The van der Waals surface area contributed by atoms with Crippen LogP contribution in [0.25, 0.3) is 0 Å². The fourth-order valence-corrected chi connectivity index (χ4v) is 0.908. The molecular weight excluding hydrogens is 208 g/mol. The van der Waals surface area contributed by atoms with Crippen LogP contribution in [0.3, 0.4) is 0 Å². The van der Waals surface area contributed by atoms with Crippen molar-refractivity contribution in [2.24, 2.45) is 0 Å². The quantitative estimate of drug-likeness (QED) is 0.441. The summed E-state index contributed by atoms with van der Waals surface area (Å²) in [5.74, 6) is 0. The van der Waals surface area contributed by atoms with Gasteiger partial charge < -0.3 is 25.0 Å². The molecule has 2 N–H and O–H groups in total. The van der Waals surface area contributed by atoms with E-state index in [-0.39, 0.29) is 6.10 Å². The van der Waals surface area contributed by atoms with Crippen LogP contribution in [0.15, 0.2) is 0 Å². The summed E-state index contributed by atoms with van der Waals surface area (Å²) in [4.78, 5) is 0. The van der Waals surface area contributed by atoms with Crippen molar-refractivity contribution in [1.82, 2.24) is 0 Å². The molecule has 0 spiro atoms. The summed E-state index contributed by atoms with van der Waals surface area (Å²) in [6.07, 6.45) is -0.00947. The summed E-state index contributed by atoms with van der Waals surface area (Å²) in [5.41, 5.74) is 1.02. The number of hydrogen-bond acceptors (Lipinski definition) is 5. The zero-order valence-corrected chi connectivity index (χ0v) is 10.3. The van der Waals surface area contributed by atoms with Crippen molar-refractivity contribution in [3.63, 3.8) is 0 Å². The van der Waals surface area contributed by atoms with Gasteiger partial charge >= 0.3 is 0 Å². The molecule has 0 amide bonds. The summed E-state index contributed by atoms with van der Waals surface area (Å²) in [6, 6.07) is 0. The highest BCUT2D eigenvalue weighted by molar-refractivity contribution is 5.80. The number of rotatable bonds is 10. The predicted octanol–water partition coefficient (Wildman–Crippen LogP) is 1.50. The van der Waals surface area contributed by atoms with Gasteiger partial charge in [-0.3, -0.25) is 0 Å². The molecule has 0 fully saturated rings. The molecule has 0 bridgehead atoms. The first-order valence-corrected chi connectivity index (χ1v) is 5.37. The SMILES string of the molecule is CC(=N)COCCOCC(C)OCC(C)=N. The molecule has 0 rings (SSSR count). The van der Waals surface area contributed by atoms with E-state index in [4.69, 9.17) is 25.0 Å². The molecule has 0 aromatic carbocycles. The van der Waals surface area contributed by atoms with Gasteiger partial charge in [0.1, 0.15) is 0 Å². The molecule has 5 heteroatoms. The zero-order valence-electron chi connectivity index (χ0n) is 10.3. The lowest BCUT2D eigenvalue weighted by molar-refractivity contribution is -0.00935. The molecule has 0 radical (unpaired) electrons. The van der Waals surface area contributed by atoms with Crippen molar-refractivity contribution in [2.45, 2.75) is 26.9 Å². The maximum absolute atomic E-state index is 7.19. The predicted molar refractivity (Wildman–Crippen MR) is 63.9 cm³/mol. The second kappa shape index (κ2) is 9.45. The van der Waals surface area contributed by atoms with Gasteiger partial charge in [-0.1, -0.05) is 0 Å². The average Bonchev–Trinajstić information content (AvgIpc) is 2.19. The van der Waals surface area contributed by atoms with Crippen molar-refractivity contribution < 1.29 is 14.2 Å². The van der Waals surface area contributed by atoms with Gasteiger partial charge in [-0.25, -0.2) is 0 Å². The minimum Gasteiger partial charge on any atom is -0.376 e. The summed E-state index contributed by atoms with van der Waals surface area (Å²) < 4.78 is 15.8. The molecule has 0 aromatic heterocycles. The summed E-state index contributed by atoms with van der Waals surface area (Å²) in [7, 11) is 0. The highest BCUT2D eigenvalue weighted by atomic mass is 16.5. The fourth-order valence-electron chi connectivity index (χ4n) is 0.908. The van der Waals surface area contributed by atoms with Crippen molar-refractivity contribution in [3.05, 3.63) is 0 Å². The summed E-state index contributed by atoms with van der Waals surface area (Å²) in [6.45, 7) is 7.54. The first kappa shape index (κ1) is 15.2. The molecule has 16 heavy (non-hydrogen) atoms. The molecule has 1 atom stereocenters. The van der Waals surface area contributed by atoms with Crippen molar-refractivity contribution in [2.75, 3.05) is 33.0 Å². The van der Waals surface area contributed by atoms with E-state index in [9.17, 15) is 0 Å². The van der Waals surface area contributed by atoms with Crippen molar-refractivity contribution in [3.8, 4) is 0 Å². The van der Waals surface area contributed by atoms with Crippen LogP contribution >= 0.6 is 0 Å². The lowest BCUT2D eigenvalue weighted by Gasteiger charge is -2.12. The van der Waals surface area contributed by atoms with E-state index in [0.29, 0.717) is 44.5 Å². The molecular formula is C11H22N2O3. The Balaban J connectivity index is 3.24. The number of nitrogens with one attached hydrogen (secondary N) is 2. The van der Waals surface area contributed by atoms with E-state index in [1.54, 1.807) is 13.8 Å². The Morgan fingerprint density at radius 3 is 2.12 bits per heavy atom. The van der Waals surface area contributed by atoms with E-state index in [1.165, 1.54) is 0 Å². The maximum atomic E-state index is 7.19. The van der Waals surface area contributed by atoms with Gasteiger partial charge in [-0.15, -0.1) is 0 Å². The van der Waals surface area contributed by atoms with Gasteiger partial charge in [-0.2, -0.15) is 0 Å². The Morgan fingerprint density at radius 1 is 1.00 bits per heavy atom. The molecule has 5 nitrogen and oxygen atoms in total. The Kier molecular flexibility index (Phi) is 8.99. The minimum absolute atomic E-state index is 0.00947. The van der Waals surface area contributed by atoms with Crippen LogP contribution in [0.2, 0.25) is 0 Å². The van der Waals surface area contributed by atoms with Crippen LogP contribution in [0.5, 0.6) is 0 Å². The Hall–Kier alpha value is -0.780. The topological polar surface area (TPSA) is 75.4 Å². The molecule has 0 aliphatic heterocycles. The standard InChI is InChI=1S/C11H22N2O3/c1-9(12)6-14-4-5-15-8-11(3)16-7-10(2)13/h11-13H,4-8H2,1-3H3. The van der Waals surface area contributed by atoms with E-state index in [1.807, 2.05) is 6.92 Å². The summed E-state index contributed by atoms with van der Waals surface area (Å²) in [5, 5.41) is 14.3. The van der Waals surface area contributed by atoms with Gasteiger partial charge in [0.05, 0.1) is 39.1 Å². The first-order chi connectivity index (χ1) is 7.52. The molecule has 0 heterocycles. The Labute approximate surface area is 97.1 Å². The second-order valence-corrected chi connectivity index (χ2v) is 3.81. The third-order valence-electron chi connectivity index (χ3n) is 1.63. The zero-order chi connectivity index (χ0) is 12.4. The maximum Gasteiger partial charge on any atom is 0.0843 e. The average molecular weight is 230 g/mol. The second-order valence-electron chi connectivity index (χ2n) is 3.81. The van der Waals surface area contributed by atoms with Crippen LogP contribution in [0.1, 0.15) is 20.8 Å². The monoisotopic (exact) mass is 230 g/mol. The third kappa shape index (κ3) is 11.3. The molecule has 1 unspecified atom stereocenters. The highest BCUT2D eigenvalue weighted by Crippen LogP contribution is 1.92. The Bertz CT molecular complexity index is 219. The Morgan fingerprint density at radius 2 is 1.56 bits per heavy atom. The molecule has 0 saturated heterocycles. The minimum atomic E-state index is -0.00947. The molecule has 0 aliphatic carbocycles. The van der Waals surface area contributed by atoms with Crippen molar-refractivity contribution in [1.29, 1.82) is 10.8 Å². The van der Waals surface area contributed by atoms with E-state index in [0.717, 1.165) is 0 Å². The molecule has 94 valence electrons. The van der Waals surface area contributed by atoms with Gasteiger partial charge in [-0.05, 0) is 20.8 Å².